The van der Waals surface area contributed by atoms with Crippen molar-refractivity contribution >= 4 is 68.0 Å². The van der Waals surface area contributed by atoms with Gasteiger partial charge in [0.1, 0.15) is 6.16 Å². The first-order valence-corrected chi connectivity index (χ1v) is 16.6. The number of aliphatic carboxylic acids is 1. The first-order chi connectivity index (χ1) is 20.6. The molecule has 0 amide bonds. The molecule has 0 saturated heterocycles. The van der Waals surface area contributed by atoms with E-state index in [9.17, 15) is 24.1 Å². The average Bonchev–Trinajstić information content (AvgIpc) is 3.56. The van der Waals surface area contributed by atoms with Crippen molar-refractivity contribution in [2.75, 3.05) is 33.6 Å². The van der Waals surface area contributed by atoms with E-state index in [1.807, 2.05) is 0 Å². The maximum Gasteiger partial charge on any atom is 0.333 e. The summed E-state index contributed by atoms with van der Waals surface area (Å²) in [6.07, 6.45) is -0.790. The smallest absolute Gasteiger partial charge is 0.333 e. The third-order valence-electron chi connectivity index (χ3n) is 6.58. The molecule has 0 fully saturated rings. The Kier molecular flexibility index (Phi) is 10.0. The molecule has 0 aliphatic heterocycles. The van der Waals surface area contributed by atoms with Gasteiger partial charge in [0.05, 0.1) is 42.6 Å². The quantitative estimate of drug-likeness (QED) is 0.0754. The van der Waals surface area contributed by atoms with Gasteiger partial charge < -0.3 is 33.8 Å². The molecule has 236 valence electrons. The number of carboxylic acids is 1. The highest BCUT2D eigenvalue weighted by Gasteiger charge is 2.31. The van der Waals surface area contributed by atoms with E-state index in [0.29, 0.717) is 27.5 Å². The van der Waals surface area contributed by atoms with E-state index >= 15 is 4.39 Å². The highest BCUT2D eigenvalue weighted by Crippen LogP contribution is 2.42. The number of rotatable bonds is 15. The van der Waals surface area contributed by atoms with Gasteiger partial charge in [0.2, 0.25) is 0 Å². The van der Waals surface area contributed by atoms with Crippen molar-refractivity contribution in [3.63, 3.8) is 0 Å². The van der Waals surface area contributed by atoms with Crippen LogP contribution in [0.5, 0.6) is 23.0 Å². The molecule has 0 aliphatic rings. The Morgan fingerprint density at radius 2 is 1.48 bits per heavy atom. The summed E-state index contributed by atoms with van der Waals surface area (Å²) in [5, 5.41) is 10.1. The number of hydrogen-bond donors (Lipinski definition) is 3. The summed E-state index contributed by atoms with van der Waals surface area (Å²) in [6.45, 7) is 3.20. The zero-order chi connectivity index (χ0) is 32.4. The maximum absolute atomic E-state index is 15.4. The average molecular weight is 669 g/mol. The van der Waals surface area contributed by atoms with Crippen molar-refractivity contribution in [2.24, 2.45) is 5.41 Å². The molecule has 0 bridgehead atoms. The molecular weight excluding hydrogens is 638 g/mol. The van der Waals surface area contributed by atoms with E-state index in [1.54, 1.807) is 18.2 Å². The Labute approximate surface area is 259 Å². The van der Waals surface area contributed by atoms with E-state index in [2.05, 4.69) is 0 Å². The highest BCUT2D eigenvalue weighted by atomic mass is 32.1. The number of Topliss-reactive ketones (excluding diaryl/α,β-unsaturated/α-hetero) is 2. The molecule has 2 heterocycles. The fourth-order valence-corrected chi connectivity index (χ4v) is 6.91. The van der Waals surface area contributed by atoms with Gasteiger partial charge in [0.25, 0.3) is 0 Å². The van der Waals surface area contributed by atoms with Crippen molar-refractivity contribution in [3.8, 4) is 23.0 Å². The summed E-state index contributed by atoms with van der Waals surface area (Å²) in [4.78, 5) is 55.1. The first-order valence-electron chi connectivity index (χ1n) is 13.1. The lowest BCUT2D eigenvalue weighted by Gasteiger charge is -2.16. The Morgan fingerprint density at radius 3 is 2.11 bits per heavy atom. The predicted molar refractivity (Wildman–Crippen MR) is 164 cm³/mol. The van der Waals surface area contributed by atoms with E-state index in [1.165, 1.54) is 51.5 Å². The van der Waals surface area contributed by atoms with Gasteiger partial charge in [0, 0.05) is 39.8 Å². The molecule has 0 radical (unpaired) electrons. The summed E-state index contributed by atoms with van der Waals surface area (Å²) in [5.74, 6) is -2.12. The molecule has 0 aliphatic carbocycles. The van der Waals surface area contributed by atoms with Crippen LogP contribution in [0.1, 0.15) is 46.0 Å². The summed E-state index contributed by atoms with van der Waals surface area (Å²) in [7, 11) is -1.76. The van der Waals surface area contributed by atoms with Crippen molar-refractivity contribution in [1.29, 1.82) is 0 Å². The number of carboxylic acid groups (broad SMARTS) is 1. The highest BCUT2D eigenvalue weighted by molar-refractivity contribution is 7.53. The second-order valence-corrected chi connectivity index (χ2v) is 14.3. The maximum atomic E-state index is 15.4. The zero-order valence-electron chi connectivity index (χ0n) is 24.2. The van der Waals surface area contributed by atoms with Gasteiger partial charge in [-0.25, -0.2) is 4.39 Å². The molecule has 4 rings (SSSR count). The lowest BCUT2D eigenvalue weighted by molar-refractivity contribution is -0.146. The molecule has 2 aromatic heterocycles. The van der Waals surface area contributed by atoms with Gasteiger partial charge in [-0.2, -0.15) is 0 Å². The van der Waals surface area contributed by atoms with Crippen LogP contribution >= 0.6 is 30.3 Å². The third kappa shape index (κ3) is 7.56. The Bertz CT molecular complexity index is 1790. The van der Waals surface area contributed by atoms with Crippen LogP contribution in [0.3, 0.4) is 0 Å². The molecule has 3 N–H and O–H groups in total. The van der Waals surface area contributed by atoms with Gasteiger partial charge in [-0.05, 0) is 37.4 Å². The fourth-order valence-electron chi connectivity index (χ4n) is 4.22. The first kappa shape index (κ1) is 33.3. The lowest BCUT2D eigenvalue weighted by atomic mass is 9.87. The predicted octanol–water partition coefficient (Wildman–Crippen LogP) is 6.16. The van der Waals surface area contributed by atoms with Crippen LogP contribution in [0.25, 0.3) is 20.2 Å². The van der Waals surface area contributed by atoms with Crippen LogP contribution in [0.2, 0.25) is 0 Å². The number of ketones is 2. The molecule has 15 heteroatoms. The number of thiophene rings is 2. The minimum atomic E-state index is -4.58. The molecule has 0 unspecified atom stereocenters. The largest absolute Gasteiger partial charge is 0.493 e. The standard InChI is InChI=1S/C29H30FO11PS2/c1-29(2,28(33)34)13-17(31)24-9-15-8-20(19(38-3)11-22(15)43-24)40-6-5-7-41-27-21(39-4)12-23-16(26(27)30)10-25(44-23)18(32)14-42(35,36)37/h8-12H,5-7,13-14H2,1-4H3,(H,33,34)(H2,35,36,37). The number of carbonyl (C=O) groups is 3. The monoisotopic (exact) mass is 668 g/mol. The third-order valence-corrected chi connectivity index (χ3v) is 9.54. The second-order valence-electron chi connectivity index (χ2n) is 10.5. The fraction of sp³-hybridized carbons (Fsp3) is 0.345. The van der Waals surface area contributed by atoms with Gasteiger partial charge in [-0.1, -0.05) is 0 Å². The molecule has 44 heavy (non-hydrogen) atoms. The van der Waals surface area contributed by atoms with E-state index in [4.69, 9.17) is 28.7 Å². The molecule has 0 atom stereocenters. The van der Waals surface area contributed by atoms with Crippen LogP contribution in [-0.2, 0) is 9.36 Å². The Morgan fingerprint density at radius 1 is 0.864 bits per heavy atom. The van der Waals surface area contributed by atoms with Crippen molar-refractivity contribution < 1.29 is 57.2 Å². The second kappa shape index (κ2) is 13.2. The van der Waals surface area contributed by atoms with Gasteiger partial charge >= 0.3 is 13.6 Å². The Hall–Kier alpha value is -3.55. The van der Waals surface area contributed by atoms with Crippen LogP contribution < -0.4 is 18.9 Å². The number of halogens is 1. The summed E-state index contributed by atoms with van der Waals surface area (Å²) >= 11 is 2.14. The minimum absolute atomic E-state index is 0.00644. The normalized spacial score (nSPS) is 12.0. The molecule has 11 nitrogen and oxygen atoms in total. The van der Waals surface area contributed by atoms with Crippen LogP contribution in [-0.4, -0.2) is 66.0 Å². The number of fused-ring (bicyclic) bond motifs is 2. The summed E-state index contributed by atoms with van der Waals surface area (Å²) < 4.78 is 50.0. The Balaban J connectivity index is 1.42. The van der Waals surface area contributed by atoms with Crippen molar-refractivity contribution in [2.45, 2.75) is 26.7 Å². The van der Waals surface area contributed by atoms with Crippen molar-refractivity contribution in [1.82, 2.24) is 0 Å². The van der Waals surface area contributed by atoms with Gasteiger partial charge in [-0.3, -0.25) is 18.9 Å². The SMILES string of the molecule is COc1cc2sc(C(=O)CC(C)(C)C(=O)O)cc2cc1OCCCOc1c(OC)cc2sc(C(=O)CP(=O)(O)O)cc2c1F. The van der Waals surface area contributed by atoms with Crippen LogP contribution in [0.15, 0.2) is 30.3 Å². The molecule has 0 saturated carbocycles. The van der Waals surface area contributed by atoms with E-state index in [0.717, 1.165) is 21.4 Å². The van der Waals surface area contributed by atoms with Gasteiger partial charge in [-0.15, -0.1) is 22.7 Å². The summed E-state index contributed by atoms with van der Waals surface area (Å²) in [5.41, 5.74) is -1.19. The number of ether oxygens (including phenoxy) is 4. The molecule has 4 aromatic rings. The van der Waals surface area contributed by atoms with Crippen LogP contribution in [0.4, 0.5) is 4.39 Å². The number of hydrogen-bond acceptors (Lipinski definition) is 10. The minimum Gasteiger partial charge on any atom is -0.493 e. The lowest BCUT2D eigenvalue weighted by Crippen LogP contribution is -2.26. The van der Waals surface area contributed by atoms with Crippen molar-refractivity contribution in [3.05, 3.63) is 45.9 Å². The zero-order valence-corrected chi connectivity index (χ0v) is 26.7. The van der Waals surface area contributed by atoms with E-state index in [-0.39, 0.29) is 47.2 Å². The number of benzene rings is 2. The van der Waals surface area contributed by atoms with Crippen LogP contribution in [0, 0.1) is 11.2 Å². The van der Waals surface area contributed by atoms with E-state index < -0.39 is 36.7 Å². The summed E-state index contributed by atoms with van der Waals surface area (Å²) in [6, 6.07) is 7.88. The molecular formula is C29H30FO11PS2. The molecule has 0 spiro atoms. The number of carbonyl (C=O) groups excluding carboxylic acids is 2. The topological polar surface area (TPSA) is 166 Å². The number of methoxy groups -OCH3 is 2. The molecule has 2 aromatic carbocycles. The van der Waals surface area contributed by atoms with Gasteiger partial charge in [0.15, 0.2) is 40.4 Å².